The lowest BCUT2D eigenvalue weighted by molar-refractivity contribution is 0.0820. The van der Waals surface area contributed by atoms with Crippen LogP contribution in [0.25, 0.3) is 0 Å². The smallest absolute Gasteiger partial charge is 0.285 e. The molecule has 7 nitrogen and oxygen atoms in total. The molecule has 0 saturated carbocycles. The molecule has 0 atom stereocenters. The van der Waals surface area contributed by atoms with Gasteiger partial charge in [-0.15, -0.1) is 0 Å². The molecule has 8 heteroatoms. The number of hydrogen-bond acceptors (Lipinski definition) is 5. The summed E-state index contributed by atoms with van der Waals surface area (Å²) in [5.74, 6) is -1.16. The maximum absolute atomic E-state index is 12.3. The molecule has 0 saturated heterocycles. The van der Waals surface area contributed by atoms with Crippen LogP contribution in [0.5, 0.6) is 0 Å². The monoisotopic (exact) mass is 305 g/mol. The Morgan fingerprint density at radius 2 is 2.10 bits per heavy atom. The van der Waals surface area contributed by atoms with Crippen molar-refractivity contribution in [2.24, 2.45) is 7.05 Å². The molecule has 3 rings (SSSR count). The van der Waals surface area contributed by atoms with E-state index in [4.69, 9.17) is 0 Å². The maximum Gasteiger partial charge on any atom is 0.285 e. The number of Topliss-reactive ketones (excluding diaryl/α,β-unsaturated/α-hetero) is 1. The SMILES string of the molecule is Cn1ccc(C(=O)CN2C(=O)c3cccnc3S2(=O)=O)c1. The fraction of sp³-hybridized carbons (Fsp3) is 0.154. The van der Waals surface area contributed by atoms with E-state index in [1.165, 1.54) is 18.3 Å². The Labute approximate surface area is 120 Å². The Bertz CT molecular complexity index is 854. The van der Waals surface area contributed by atoms with Crippen molar-refractivity contribution in [2.45, 2.75) is 5.03 Å². The molecule has 1 aliphatic rings. The normalized spacial score (nSPS) is 16.0. The summed E-state index contributed by atoms with van der Waals surface area (Å²) in [6.07, 6.45) is 4.54. The van der Waals surface area contributed by atoms with Crippen molar-refractivity contribution in [3.8, 4) is 0 Å². The molecule has 1 amide bonds. The molecular weight excluding hydrogens is 294 g/mol. The average Bonchev–Trinajstić information content (AvgIpc) is 2.96. The molecule has 2 aromatic heterocycles. The molecule has 0 unspecified atom stereocenters. The summed E-state index contributed by atoms with van der Waals surface area (Å²) < 4.78 is 26.7. The van der Waals surface area contributed by atoms with Crippen LogP contribution in [0.15, 0.2) is 41.8 Å². The predicted octanol–water partition coefficient (Wildman–Crippen LogP) is 0.447. The zero-order valence-corrected chi connectivity index (χ0v) is 11.9. The first-order valence-electron chi connectivity index (χ1n) is 6.08. The zero-order valence-electron chi connectivity index (χ0n) is 11.1. The highest BCUT2D eigenvalue weighted by Gasteiger charge is 2.43. The van der Waals surface area contributed by atoms with Crippen LogP contribution in [-0.4, -0.2) is 40.5 Å². The summed E-state index contributed by atoms with van der Waals surface area (Å²) in [5, 5.41) is -0.295. The second-order valence-electron chi connectivity index (χ2n) is 4.66. The Morgan fingerprint density at radius 1 is 1.33 bits per heavy atom. The first-order chi connectivity index (χ1) is 9.91. The van der Waals surface area contributed by atoms with E-state index in [0.717, 1.165) is 0 Å². The summed E-state index contributed by atoms with van der Waals surface area (Å²) in [7, 11) is -2.30. The minimum atomic E-state index is -4.05. The Kier molecular flexibility index (Phi) is 2.91. The highest BCUT2D eigenvalue weighted by Crippen LogP contribution is 2.28. The minimum absolute atomic E-state index is 0.00152. The van der Waals surface area contributed by atoms with Gasteiger partial charge in [-0.1, -0.05) is 0 Å². The van der Waals surface area contributed by atoms with Gasteiger partial charge >= 0.3 is 0 Å². The lowest BCUT2D eigenvalue weighted by atomic mass is 10.2. The number of carbonyl (C=O) groups excluding carboxylic acids is 2. The van der Waals surface area contributed by atoms with E-state index < -0.39 is 28.3 Å². The number of nitrogens with zero attached hydrogens (tertiary/aromatic N) is 3. The van der Waals surface area contributed by atoms with Gasteiger partial charge in [-0.2, -0.15) is 8.42 Å². The number of amides is 1. The van der Waals surface area contributed by atoms with Gasteiger partial charge in [0, 0.05) is 31.2 Å². The van der Waals surface area contributed by atoms with Gasteiger partial charge in [0.25, 0.3) is 15.9 Å². The predicted molar refractivity (Wildman–Crippen MR) is 72.2 cm³/mol. The summed E-state index contributed by atoms with van der Waals surface area (Å²) >= 11 is 0. The quantitative estimate of drug-likeness (QED) is 0.768. The molecule has 0 aliphatic carbocycles. The van der Waals surface area contributed by atoms with Crippen molar-refractivity contribution >= 4 is 21.7 Å². The van der Waals surface area contributed by atoms with E-state index in [0.29, 0.717) is 9.87 Å². The average molecular weight is 305 g/mol. The van der Waals surface area contributed by atoms with Gasteiger partial charge in [-0.05, 0) is 18.2 Å². The van der Waals surface area contributed by atoms with Gasteiger partial charge in [0.2, 0.25) is 0 Å². The van der Waals surface area contributed by atoms with Crippen LogP contribution < -0.4 is 0 Å². The third-order valence-electron chi connectivity index (χ3n) is 3.20. The van der Waals surface area contributed by atoms with E-state index in [-0.39, 0.29) is 10.6 Å². The highest BCUT2D eigenvalue weighted by atomic mass is 32.2. The fourth-order valence-corrected chi connectivity index (χ4v) is 3.59. The van der Waals surface area contributed by atoms with Gasteiger partial charge in [0.1, 0.15) is 6.54 Å². The Balaban J connectivity index is 1.94. The number of fused-ring (bicyclic) bond motifs is 1. The van der Waals surface area contributed by atoms with E-state index in [9.17, 15) is 18.0 Å². The summed E-state index contributed by atoms with van der Waals surface area (Å²) in [6.45, 7) is -0.526. The van der Waals surface area contributed by atoms with Gasteiger partial charge < -0.3 is 4.57 Å². The van der Waals surface area contributed by atoms with Crippen molar-refractivity contribution < 1.29 is 18.0 Å². The molecule has 1 aliphatic heterocycles. The highest BCUT2D eigenvalue weighted by molar-refractivity contribution is 7.90. The first-order valence-corrected chi connectivity index (χ1v) is 7.52. The molecule has 0 bridgehead atoms. The Morgan fingerprint density at radius 3 is 2.71 bits per heavy atom. The fourth-order valence-electron chi connectivity index (χ4n) is 2.15. The van der Waals surface area contributed by atoms with Crippen LogP contribution in [0.1, 0.15) is 20.7 Å². The molecule has 0 spiro atoms. The number of pyridine rings is 1. The molecule has 108 valence electrons. The van der Waals surface area contributed by atoms with Crippen LogP contribution in [0.4, 0.5) is 0 Å². The van der Waals surface area contributed by atoms with Crippen molar-refractivity contribution in [2.75, 3.05) is 6.54 Å². The molecule has 3 heterocycles. The van der Waals surface area contributed by atoms with E-state index >= 15 is 0 Å². The van der Waals surface area contributed by atoms with Crippen LogP contribution >= 0.6 is 0 Å². The minimum Gasteiger partial charge on any atom is -0.357 e. The number of aromatic nitrogens is 2. The molecule has 0 aromatic carbocycles. The van der Waals surface area contributed by atoms with Crippen LogP contribution in [0, 0.1) is 0 Å². The van der Waals surface area contributed by atoms with E-state index in [1.54, 1.807) is 30.1 Å². The molecular formula is C13H11N3O4S. The second-order valence-corrected chi connectivity index (χ2v) is 6.44. The number of hydrogen-bond donors (Lipinski definition) is 0. The summed E-state index contributed by atoms with van der Waals surface area (Å²) in [5.41, 5.74) is 0.350. The number of rotatable bonds is 3. The van der Waals surface area contributed by atoms with Crippen LogP contribution in [0.2, 0.25) is 0 Å². The molecule has 21 heavy (non-hydrogen) atoms. The number of carbonyl (C=O) groups is 2. The summed E-state index contributed by atoms with van der Waals surface area (Å²) in [6, 6.07) is 4.44. The van der Waals surface area contributed by atoms with Crippen molar-refractivity contribution in [1.82, 2.24) is 13.9 Å². The van der Waals surface area contributed by atoms with Crippen molar-refractivity contribution in [3.05, 3.63) is 47.9 Å². The van der Waals surface area contributed by atoms with Gasteiger partial charge in [0.15, 0.2) is 10.8 Å². The number of aryl methyl sites for hydroxylation is 1. The molecule has 0 N–H and O–H groups in total. The first kappa shape index (κ1) is 13.5. The van der Waals surface area contributed by atoms with E-state index in [1.807, 2.05) is 0 Å². The molecule has 2 aromatic rings. The third-order valence-corrected chi connectivity index (χ3v) is 4.89. The lowest BCUT2D eigenvalue weighted by Crippen LogP contribution is -2.35. The second kappa shape index (κ2) is 4.52. The molecule has 0 fully saturated rings. The third kappa shape index (κ3) is 2.04. The maximum atomic E-state index is 12.3. The van der Waals surface area contributed by atoms with Gasteiger partial charge in [-0.25, -0.2) is 9.29 Å². The Hall–Kier alpha value is -2.48. The number of ketones is 1. The standard InChI is InChI=1S/C13H11N3O4S/c1-15-6-4-9(7-15)11(17)8-16-13(18)10-3-2-5-14-12(10)21(16,19)20/h2-7H,8H2,1H3. The topological polar surface area (TPSA) is 89.3 Å². The van der Waals surface area contributed by atoms with E-state index in [2.05, 4.69) is 4.98 Å². The summed E-state index contributed by atoms with van der Waals surface area (Å²) in [4.78, 5) is 28.0. The van der Waals surface area contributed by atoms with Gasteiger partial charge in [-0.3, -0.25) is 9.59 Å². The van der Waals surface area contributed by atoms with Crippen molar-refractivity contribution in [3.63, 3.8) is 0 Å². The zero-order chi connectivity index (χ0) is 15.2. The van der Waals surface area contributed by atoms with Crippen molar-refractivity contribution in [1.29, 1.82) is 0 Å². The van der Waals surface area contributed by atoms with Gasteiger partial charge in [0.05, 0.1) is 5.56 Å². The molecule has 0 radical (unpaired) electrons. The van der Waals surface area contributed by atoms with Crippen LogP contribution in [0.3, 0.4) is 0 Å². The lowest BCUT2D eigenvalue weighted by Gasteiger charge is -2.12. The number of sulfonamides is 1. The largest absolute Gasteiger partial charge is 0.357 e. The van der Waals surface area contributed by atoms with Crippen LogP contribution in [-0.2, 0) is 17.1 Å².